The van der Waals surface area contributed by atoms with E-state index in [0.717, 1.165) is 18.7 Å². The summed E-state index contributed by atoms with van der Waals surface area (Å²) in [5.41, 5.74) is 0.195. The average Bonchev–Trinajstić information content (AvgIpc) is 2.14. The van der Waals surface area contributed by atoms with Crippen molar-refractivity contribution in [3.8, 4) is 5.88 Å². The third-order valence-corrected chi connectivity index (χ3v) is 2.66. The van der Waals surface area contributed by atoms with Gasteiger partial charge in [-0.2, -0.15) is 0 Å². The van der Waals surface area contributed by atoms with Crippen molar-refractivity contribution in [3.63, 3.8) is 0 Å². The SMILES string of the molecule is CC(C)(C)N[C@H]1C[C@H](Oc2ccccn2)C1. The lowest BCUT2D eigenvalue weighted by atomic mass is 9.87. The van der Waals surface area contributed by atoms with Crippen LogP contribution in [0.3, 0.4) is 0 Å². The van der Waals surface area contributed by atoms with Crippen LogP contribution in [0.2, 0.25) is 0 Å². The zero-order valence-corrected chi connectivity index (χ0v) is 10.2. The second-order valence-electron chi connectivity index (χ2n) is 5.47. The second-order valence-corrected chi connectivity index (χ2v) is 5.47. The highest BCUT2D eigenvalue weighted by Gasteiger charge is 2.33. The van der Waals surface area contributed by atoms with Crippen LogP contribution in [0, 0.1) is 0 Å². The predicted molar refractivity (Wildman–Crippen MR) is 64.6 cm³/mol. The second kappa shape index (κ2) is 4.42. The zero-order valence-electron chi connectivity index (χ0n) is 10.2. The monoisotopic (exact) mass is 220 g/mol. The van der Waals surface area contributed by atoms with Crippen molar-refractivity contribution in [2.75, 3.05) is 0 Å². The van der Waals surface area contributed by atoms with Crippen LogP contribution in [0.1, 0.15) is 33.6 Å². The Hall–Kier alpha value is -1.09. The molecular formula is C13H20N2O. The van der Waals surface area contributed by atoms with Gasteiger partial charge in [0.1, 0.15) is 6.10 Å². The van der Waals surface area contributed by atoms with Gasteiger partial charge in [-0.3, -0.25) is 0 Å². The van der Waals surface area contributed by atoms with Crippen LogP contribution in [-0.2, 0) is 0 Å². The molecule has 0 unspecified atom stereocenters. The standard InChI is InChI=1S/C13H20N2O/c1-13(2,3)15-10-8-11(9-10)16-12-6-4-5-7-14-12/h4-7,10-11,15H,8-9H2,1-3H3/t10-,11-. The van der Waals surface area contributed by atoms with Crippen LogP contribution < -0.4 is 10.1 Å². The topological polar surface area (TPSA) is 34.1 Å². The fourth-order valence-electron chi connectivity index (χ4n) is 1.98. The van der Waals surface area contributed by atoms with Crippen molar-refractivity contribution in [2.24, 2.45) is 0 Å². The minimum Gasteiger partial charge on any atom is -0.474 e. The maximum atomic E-state index is 5.74. The first-order chi connectivity index (χ1) is 7.53. The Labute approximate surface area is 97.2 Å². The fourth-order valence-corrected chi connectivity index (χ4v) is 1.98. The van der Waals surface area contributed by atoms with Crippen molar-refractivity contribution in [1.29, 1.82) is 0 Å². The van der Waals surface area contributed by atoms with Gasteiger partial charge in [-0.15, -0.1) is 0 Å². The Balaban J connectivity index is 1.73. The van der Waals surface area contributed by atoms with Gasteiger partial charge in [-0.1, -0.05) is 6.07 Å². The van der Waals surface area contributed by atoms with E-state index in [9.17, 15) is 0 Å². The normalized spacial score (nSPS) is 24.9. The number of pyridine rings is 1. The van der Waals surface area contributed by atoms with E-state index in [4.69, 9.17) is 4.74 Å². The summed E-state index contributed by atoms with van der Waals surface area (Å²) in [5.74, 6) is 0.738. The molecule has 1 fully saturated rings. The van der Waals surface area contributed by atoms with Crippen LogP contribution in [0.4, 0.5) is 0 Å². The Morgan fingerprint density at radius 3 is 2.62 bits per heavy atom. The molecule has 1 aromatic rings. The smallest absolute Gasteiger partial charge is 0.213 e. The average molecular weight is 220 g/mol. The van der Waals surface area contributed by atoms with Crippen molar-refractivity contribution in [3.05, 3.63) is 24.4 Å². The maximum absolute atomic E-state index is 5.74. The van der Waals surface area contributed by atoms with E-state index in [1.54, 1.807) is 6.20 Å². The quantitative estimate of drug-likeness (QED) is 0.849. The Kier molecular flexibility index (Phi) is 3.15. The van der Waals surface area contributed by atoms with E-state index in [1.165, 1.54) is 0 Å². The summed E-state index contributed by atoms with van der Waals surface area (Å²) in [5, 5.41) is 3.57. The van der Waals surface area contributed by atoms with Crippen LogP contribution in [0.25, 0.3) is 0 Å². The lowest BCUT2D eigenvalue weighted by Crippen LogP contribution is -2.53. The Bertz CT molecular complexity index is 326. The first kappa shape index (κ1) is 11.4. The van der Waals surface area contributed by atoms with Gasteiger partial charge in [0.25, 0.3) is 0 Å². The molecule has 3 nitrogen and oxygen atoms in total. The van der Waals surface area contributed by atoms with Crippen molar-refractivity contribution >= 4 is 0 Å². The molecule has 1 aromatic heterocycles. The molecule has 1 aliphatic carbocycles. The summed E-state index contributed by atoms with van der Waals surface area (Å²) >= 11 is 0. The van der Waals surface area contributed by atoms with E-state index in [1.807, 2.05) is 18.2 Å². The third-order valence-electron chi connectivity index (χ3n) is 2.66. The first-order valence-corrected chi connectivity index (χ1v) is 5.88. The molecule has 0 atom stereocenters. The molecule has 1 aliphatic rings. The molecular weight excluding hydrogens is 200 g/mol. The molecule has 0 spiro atoms. The molecule has 0 saturated heterocycles. The minimum absolute atomic E-state index is 0.195. The molecule has 1 heterocycles. The molecule has 1 N–H and O–H groups in total. The lowest BCUT2D eigenvalue weighted by molar-refractivity contribution is 0.0694. The van der Waals surface area contributed by atoms with E-state index in [-0.39, 0.29) is 5.54 Å². The Morgan fingerprint density at radius 2 is 2.06 bits per heavy atom. The summed E-state index contributed by atoms with van der Waals surface area (Å²) in [6.45, 7) is 6.58. The summed E-state index contributed by atoms with van der Waals surface area (Å²) in [7, 11) is 0. The summed E-state index contributed by atoms with van der Waals surface area (Å²) in [4.78, 5) is 4.16. The fraction of sp³-hybridized carbons (Fsp3) is 0.615. The summed E-state index contributed by atoms with van der Waals surface area (Å²) in [6, 6.07) is 6.35. The lowest BCUT2D eigenvalue weighted by Gasteiger charge is -2.39. The maximum Gasteiger partial charge on any atom is 0.213 e. The van der Waals surface area contributed by atoms with Gasteiger partial charge in [0.05, 0.1) is 0 Å². The minimum atomic E-state index is 0.195. The van der Waals surface area contributed by atoms with Gasteiger partial charge in [0.15, 0.2) is 0 Å². The highest BCUT2D eigenvalue weighted by atomic mass is 16.5. The molecule has 0 amide bonds. The van der Waals surface area contributed by atoms with Gasteiger partial charge in [-0.05, 0) is 39.7 Å². The predicted octanol–water partition coefficient (Wildman–Crippen LogP) is 2.38. The number of ether oxygens (including phenoxy) is 1. The number of hydrogen-bond acceptors (Lipinski definition) is 3. The number of nitrogens with zero attached hydrogens (tertiary/aromatic N) is 1. The molecule has 0 bridgehead atoms. The largest absolute Gasteiger partial charge is 0.474 e. The zero-order chi connectivity index (χ0) is 11.6. The van der Waals surface area contributed by atoms with Gasteiger partial charge >= 0.3 is 0 Å². The number of hydrogen-bond donors (Lipinski definition) is 1. The van der Waals surface area contributed by atoms with Gasteiger partial charge < -0.3 is 10.1 Å². The molecule has 88 valence electrons. The van der Waals surface area contributed by atoms with E-state index >= 15 is 0 Å². The van der Waals surface area contributed by atoms with E-state index in [2.05, 4.69) is 31.1 Å². The highest BCUT2D eigenvalue weighted by molar-refractivity contribution is 5.10. The Morgan fingerprint density at radius 1 is 1.31 bits per heavy atom. The van der Waals surface area contributed by atoms with Crippen molar-refractivity contribution < 1.29 is 4.74 Å². The van der Waals surface area contributed by atoms with Crippen molar-refractivity contribution in [1.82, 2.24) is 10.3 Å². The van der Waals surface area contributed by atoms with Crippen LogP contribution in [-0.4, -0.2) is 22.7 Å². The molecule has 0 radical (unpaired) electrons. The third kappa shape index (κ3) is 3.20. The molecule has 16 heavy (non-hydrogen) atoms. The van der Waals surface area contributed by atoms with Crippen molar-refractivity contribution in [2.45, 2.75) is 51.3 Å². The molecule has 1 saturated carbocycles. The van der Waals surface area contributed by atoms with Gasteiger partial charge in [-0.25, -0.2) is 4.98 Å². The van der Waals surface area contributed by atoms with Gasteiger partial charge in [0.2, 0.25) is 5.88 Å². The highest BCUT2D eigenvalue weighted by Crippen LogP contribution is 2.26. The van der Waals surface area contributed by atoms with E-state index in [0.29, 0.717) is 12.1 Å². The van der Waals surface area contributed by atoms with Crippen LogP contribution in [0.5, 0.6) is 5.88 Å². The van der Waals surface area contributed by atoms with Crippen LogP contribution >= 0.6 is 0 Å². The number of nitrogens with one attached hydrogen (secondary N) is 1. The number of rotatable bonds is 3. The summed E-state index contributed by atoms with van der Waals surface area (Å²) < 4.78 is 5.74. The van der Waals surface area contributed by atoms with Crippen LogP contribution in [0.15, 0.2) is 24.4 Å². The molecule has 0 aromatic carbocycles. The molecule has 2 rings (SSSR count). The molecule has 0 aliphatic heterocycles. The number of aromatic nitrogens is 1. The van der Waals surface area contributed by atoms with Gasteiger partial charge in [0, 0.05) is 23.8 Å². The summed E-state index contributed by atoms with van der Waals surface area (Å²) in [6.07, 6.45) is 4.25. The van der Waals surface area contributed by atoms with E-state index < -0.39 is 0 Å². The molecule has 3 heteroatoms. The first-order valence-electron chi connectivity index (χ1n) is 5.88.